The molecule has 0 spiro atoms. The van der Waals surface area contributed by atoms with Crippen molar-refractivity contribution in [1.82, 2.24) is 15.5 Å². The lowest BCUT2D eigenvalue weighted by atomic mass is 10.1. The molecule has 0 saturated carbocycles. The lowest BCUT2D eigenvalue weighted by molar-refractivity contribution is 0.553. The zero-order valence-corrected chi connectivity index (χ0v) is 12.6. The molecule has 0 radical (unpaired) electrons. The molecule has 2 N–H and O–H groups in total. The lowest BCUT2D eigenvalue weighted by Crippen LogP contribution is -2.19. The number of H-pyrrole nitrogens is 1. The van der Waals surface area contributed by atoms with E-state index in [1.165, 1.54) is 12.1 Å². The Kier molecular flexibility index (Phi) is 4.71. The first kappa shape index (κ1) is 14.2. The molecule has 0 saturated heterocycles. The molecule has 1 heterocycles. The number of nitrogens with one attached hydrogen (secondary N) is 2. The maximum atomic E-state index is 13.1. The van der Waals surface area contributed by atoms with Gasteiger partial charge in [0, 0.05) is 22.1 Å². The van der Waals surface area contributed by atoms with E-state index < -0.39 is 0 Å². The molecule has 1 aromatic carbocycles. The molecule has 1 aromatic heterocycles. The van der Waals surface area contributed by atoms with Crippen molar-refractivity contribution in [1.29, 1.82) is 0 Å². The second-order valence-electron chi connectivity index (χ2n) is 4.92. The van der Waals surface area contributed by atoms with Crippen LogP contribution in [0.4, 0.5) is 4.39 Å². The molecule has 3 nitrogen and oxygen atoms in total. The van der Waals surface area contributed by atoms with Gasteiger partial charge in [-0.15, -0.1) is 0 Å². The second-order valence-corrected chi connectivity index (χ2v) is 5.77. The molecule has 0 bridgehead atoms. The lowest BCUT2D eigenvalue weighted by Gasteiger charge is -2.09. The van der Waals surface area contributed by atoms with Gasteiger partial charge in [0.2, 0.25) is 0 Å². The minimum atomic E-state index is -0.255. The van der Waals surface area contributed by atoms with E-state index in [4.69, 9.17) is 0 Å². The molecule has 102 valence electrons. The maximum Gasteiger partial charge on any atom is 0.124 e. The van der Waals surface area contributed by atoms with E-state index in [-0.39, 0.29) is 5.82 Å². The number of hydrogen-bond donors (Lipinski definition) is 2. The summed E-state index contributed by atoms with van der Waals surface area (Å²) in [6.45, 7) is 6.03. The Morgan fingerprint density at radius 3 is 2.89 bits per heavy atom. The zero-order valence-electron chi connectivity index (χ0n) is 11.0. The van der Waals surface area contributed by atoms with Crippen molar-refractivity contribution in [2.75, 3.05) is 6.54 Å². The van der Waals surface area contributed by atoms with Gasteiger partial charge >= 0.3 is 0 Å². The standard InChI is InChI=1S/C14H17BrFN3/c1-9(2)6-17-7-10-8-18-19-14(10)12-4-3-11(16)5-13(12)15/h3-5,8-9,17H,6-7H2,1-2H3,(H,18,19). The Morgan fingerprint density at radius 2 is 2.21 bits per heavy atom. The Hall–Kier alpha value is -1.20. The van der Waals surface area contributed by atoms with Crippen molar-refractivity contribution in [3.63, 3.8) is 0 Å². The molecule has 0 amide bonds. The second kappa shape index (κ2) is 6.30. The number of nitrogens with zero attached hydrogens (tertiary/aromatic N) is 1. The molecule has 0 fully saturated rings. The summed E-state index contributed by atoms with van der Waals surface area (Å²) in [4.78, 5) is 0. The molecule has 19 heavy (non-hydrogen) atoms. The molecule has 2 aromatic rings. The third kappa shape index (κ3) is 3.64. The Labute approximate surface area is 120 Å². The summed E-state index contributed by atoms with van der Waals surface area (Å²) in [6.07, 6.45) is 1.80. The number of aromatic amines is 1. The number of benzene rings is 1. The fourth-order valence-corrected chi connectivity index (χ4v) is 2.42. The highest BCUT2D eigenvalue weighted by atomic mass is 79.9. The quantitative estimate of drug-likeness (QED) is 0.879. The van der Waals surface area contributed by atoms with Crippen molar-refractivity contribution >= 4 is 15.9 Å². The van der Waals surface area contributed by atoms with Gasteiger partial charge in [0.25, 0.3) is 0 Å². The van der Waals surface area contributed by atoms with Crippen LogP contribution in [0.25, 0.3) is 11.3 Å². The van der Waals surface area contributed by atoms with Crippen molar-refractivity contribution in [3.05, 3.63) is 40.2 Å². The van der Waals surface area contributed by atoms with E-state index in [0.717, 1.165) is 34.4 Å². The Balaban J connectivity index is 2.19. The fraction of sp³-hybridized carbons (Fsp3) is 0.357. The SMILES string of the molecule is CC(C)CNCc1cn[nH]c1-c1ccc(F)cc1Br. The number of aromatic nitrogens is 2. The molecule has 0 aliphatic rings. The molecule has 0 aliphatic heterocycles. The van der Waals surface area contributed by atoms with E-state index in [9.17, 15) is 4.39 Å². The van der Waals surface area contributed by atoms with E-state index >= 15 is 0 Å². The molecular formula is C14H17BrFN3. The summed E-state index contributed by atoms with van der Waals surface area (Å²) in [5, 5.41) is 10.4. The molecule has 0 unspecified atom stereocenters. The van der Waals surface area contributed by atoms with Gasteiger partial charge in [-0.2, -0.15) is 5.10 Å². The zero-order chi connectivity index (χ0) is 13.8. The van der Waals surface area contributed by atoms with Gasteiger partial charge < -0.3 is 5.32 Å². The van der Waals surface area contributed by atoms with Crippen LogP contribution in [-0.4, -0.2) is 16.7 Å². The van der Waals surface area contributed by atoms with E-state index in [1.807, 2.05) is 0 Å². The average molecular weight is 326 g/mol. The Morgan fingerprint density at radius 1 is 1.42 bits per heavy atom. The predicted octanol–water partition coefficient (Wildman–Crippen LogP) is 3.72. The summed E-state index contributed by atoms with van der Waals surface area (Å²) >= 11 is 3.39. The van der Waals surface area contributed by atoms with Crippen molar-refractivity contribution in [3.8, 4) is 11.3 Å². The van der Waals surface area contributed by atoms with Crippen LogP contribution in [0.15, 0.2) is 28.9 Å². The minimum Gasteiger partial charge on any atom is -0.312 e. The fourth-order valence-electron chi connectivity index (χ4n) is 1.87. The van der Waals surface area contributed by atoms with E-state index in [1.54, 1.807) is 12.3 Å². The van der Waals surface area contributed by atoms with Crippen LogP contribution in [-0.2, 0) is 6.54 Å². The first-order valence-corrected chi connectivity index (χ1v) is 7.05. The summed E-state index contributed by atoms with van der Waals surface area (Å²) < 4.78 is 13.8. The van der Waals surface area contributed by atoms with Gasteiger partial charge in [0.15, 0.2) is 0 Å². The third-order valence-electron chi connectivity index (χ3n) is 2.79. The Bertz CT molecular complexity index is 551. The van der Waals surface area contributed by atoms with Crippen LogP contribution in [0.2, 0.25) is 0 Å². The summed E-state index contributed by atoms with van der Waals surface area (Å²) in [5.41, 5.74) is 2.91. The third-order valence-corrected chi connectivity index (χ3v) is 3.44. The topological polar surface area (TPSA) is 40.7 Å². The highest BCUT2D eigenvalue weighted by molar-refractivity contribution is 9.10. The van der Waals surface area contributed by atoms with Gasteiger partial charge in [0.05, 0.1) is 11.9 Å². The minimum absolute atomic E-state index is 0.255. The summed E-state index contributed by atoms with van der Waals surface area (Å²) in [6, 6.07) is 4.66. The van der Waals surface area contributed by atoms with E-state index in [0.29, 0.717) is 5.92 Å². The van der Waals surface area contributed by atoms with Crippen LogP contribution >= 0.6 is 15.9 Å². The number of halogens is 2. The monoisotopic (exact) mass is 325 g/mol. The molecule has 0 aliphatic carbocycles. The van der Waals surface area contributed by atoms with Crippen molar-refractivity contribution in [2.24, 2.45) is 5.92 Å². The van der Waals surface area contributed by atoms with Gasteiger partial charge in [0.1, 0.15) is 5.82 Å². The summed E-state index contributed by atoms with van der Waals surface area (Å²) in [5.74, 6) is 0.350. The molecule has 2 rings (SSSR count). The van der Waals surface area contributed by atoms with Gasteiger partial charge in [-0.3, -0.25) is 5.10 Å². The predicted molar refractivity (Wildman–Crippen MR) is 78.2 cm³/mol. The van der Waals surface area contributed by atoms with Crippen LogP contribution in [0.1, 0.15) is 19.4 Å². The van der Waals surface area contributed by atoms with Gasteiger partial charge in [-0.1, -0.05) is 13.8 Å². The van der Waals surface area contributed by atoms with E-state index in [2.05, 4.69) is 45.3 Å². The molecule has 0 atom stereocenters. The first-order valence-electron chi connectivity index (χ1n) is 6.26. The van der Waals surface area contributed by atoms with Crippen LogP contribution < -0.4 is 5.32 Å². The normalized spacial score (nSPS) is 11.2. The maximum absolute atomic E-state index is 13.1. The van der Waals surface area contributed by atoms with Crippen molar-refractivity contribution in [2.45, 2.75) is 20.4 Å². The first-order chi connectivity index (χ1) is 9.08. The van der Waals surface area contributed by atoms with Crippen LogP contribution in [0.5, 0.6) is 0 Å². The highest BCUT2D eigenvalue weighted by Crippen LogP contribution is 2.29. The van der Waals surface area contributed by atoms with Crippen LogP contribution in [0, 0.1) is 11.7 Å². The number of rotatable bonds is 5. The molecular weight excluding hydrogens is 309 g/mol. The van der Waals surface area contributed by atoms with Crippen LogP contribution in [0.3, 0.4) is 0 Å². The van der Waals surface area contributed by atoms with Gasteiger partial charge in [-0.25, -0.2) is 4.39 Å². The van der Waals surface area contributed by atoms with Gasteiger partial charge in [-0.05, 0) is 46.6 Å². The van der Waals surface area contributed by atoms with Crippen molar-refractivity contribution < 1.29 is 4.39 Å². The molecule has 5 heteroatoms. The number of hydrogen-bond acceptors (Lipinski definition) is 2. The summed E-state index contributed by atoms with van der Waals surface area (Å²) in [7, 11) is 0. The average Bonchev–Trinajstić information content (AvgIpc) is 2.77. The highest BCUT2D eigenvalue weighted by Gasteiger charge is 2.11. The smallest absolute Gasteiger partial charge is 0.124 e. The largest absolute Gasteiger partial charge is 0.312 e.